The molecule has 6 heteroatoms. The van der Waals surface area contributed by atoms with Crippen LogP contribution in [0.15, 0.2) is 167 Å². The molecule has 250 valence electrons. The molecule has 0 saturated heterocycles. The average Bonchev–Trinajstić information content (AvgIpc) is 3.98. The zero-order chi connectivity index (χ0) is 35.5. The van der Waals surface area contributed by atoms with Crippen molar-refractivity contribution in [1.82, 2.24) is 14.1 Å². The molecule has 0 atom stereocenters. The second-order valence-corrected chi connectivity index (χ2v) is 13.8. The lowest BCUT2D eigenvalue weighted by Gasteiger charge is -2.18. The fraction of sp³-hybridized carbons (Fsp3) is 0. The second kappa shape index (κ2) is 10.7. The van der Waals surface area contributed by atoms with Crippen LogP contribution in [0.2, 0.25) is 0 Å². The normalized spacial score (nSPS) is 12.1. The molecule has 0 radical (unpaired) electrons. The van der Waals surface area contributed by atoms with E-state index in [2.05, 4.69) is 124 Å². The van der Waals surface area contributed by atoms with E-state index in [1.54, 1.807) is 0 Å². The first-order chi connectivity index (χ1) is 26.8. The molecular weight excluding hydrogens is 665 g/mol. The van der Waals surface area contributed by atoms with Crippen LogP contribution in [0.1, 0.15) is 5.56 Å². The summed E-state index contributed by atoms with van der Waals surface area (Å²) < 4.78 is 17.8. The highest BCUT2D eigenvalue weighted by molar-refractivity contribution is 6.25. The minimum atomic E-state index is 0.565. The van der Waals surface area contributed by atoms with Gasteiger partial charge < -0.3 is 18.0 Å². The van der Waals surface area contributed by atoms with Gasteiger partial charge in [-0.25, -0.2) is 0 Å². The third kappa shape index (κ3) is 3.79. The van der Waals surface area contributed by atoms with Gasteiger partial charge in [-0.3, -0.25) is 4.98 Å². The van der Waals surface area contributed by atoms with Gasteiger partial charge in [-0.05, 0) is 72.8 Å². The Bertz CT molecular complexity index is 3590. The third-order valence-electron chi connectivity index (χ3n) is 11.1. The summed E-state index contributed by atoms with van der Waals surface area (Å²) in [5.41, 5.74) is 11.8. The Balaban J connectivity index is 1.18. The van der Waals surface area contributed by atoms with Gasteiger partial charge in [-0.1, -0.05) is 72.8 Å². The van der Waals surface area contributed by atoms with Crippen LogP contribution in [0.3, 0.4) is 0 Å². The fourth-order valence-electron chi connectivity index (χ4n) is 8.79. The Morgan fingerprint density at radius 3 is 1.56 bits per heavy atom. The molecule has 5 aromatic heterocycles. The summed E-state index contributed by atoms with van der Waals surface area (Å²) >= 11 is 0. The Morgan fingerprint density at radius 2 is 0.981 bits per heavy atom. The highest BCUT2D eigenvalue weighted by atomic mass is 16.3. The number of aromatic nitrogens is 3. The molecule has 0 saturated carbocycles. The van der Waals surface area contributed by atoms with Gasteiger partial charge in [0.1, 0.15) is 22.3 Å². The predicted molar refractivity (Wildman–Crippen MR) is 218 cm³/mol. The van der Waals surface area contributed by atoms with Crippen molar-refractivity contribution in [3.63, 3.8) is 0 Å². The molecule has 0 aliphatic rings. The van der Waals surface area contributed by atoms with Gasteiger partial charge in [-0.2, -0.15) is 5.26 Å². The van der Waals surface area contributed by atoms with E-state index < -0.39 is 0 Å². The molecule has 7 aromatic carbocycles. The van der Waals surface area contributed by atoms with Crippen molar-refractivity contribution in [2.24, 2.45) is 0 Å². The van der Waals surface area contributed by atoms with Crippen molar-refractivity contribution in [3.05, 3.63) is 164 Å². The van der Waals surface area contributed by atoms with E-state index in [1.807, 2.05) is 48.8 Å². The van der Waals surface area contributed by atoms with Crippen molar-refractivity contribution in [3.8, 4) is 28.6 Å². The van der Waals surface area contributed by atoms with E-state index in [0.29, 0.717) is 5.56 Å². The van der Waals surface area contributed by atoms with Crippen LogP contribution in [0.4, 0.5) is 0 Å². The molecule has 12 aromatic rings. The first-order valence-corrected chi connectivity index (χ1v) is 17.9. The number of nitriles is 1. The monoisotopic (exact) mass is 690 g/mol. The van der Waals surface area contributed by atoms with Crippen molar-refractivity contribution in [2.75, 3.05) is 0 Å². The molecular formula is C48H26N4O2. The zero-order valence-corrected chi connectivity index (χ0v) is 28.6. The standard InChI is InChI=1S/C48H26N4O2/c49-26-28-17-20-39(51-37-13-5-1-11-33(37)45-41(51)21-18-31-29-9-3-7-15-43(29)53-47(31)45)35(25-28)36-27-50-24-23-40(36)52-38-14-6-2-12-34(38)46-42(52)22-19-32-30-10-4-8-16-44(30)54-48(32)46/h1-25,27H. The molecule has 0 N–H and O–H groups in total. The molecule has 0 unspecified atom stereocenters. The number of hydrogen-bond donors (Lipinski definition) is 0. The van der Waals surface area contributed by atoms with Crippen molar-refractivity contribution in [2.45, 2.75) is 0 Å². The molecule has 0 bridgehead atoms. The molecule has 0 aliphatic heterocycles. The molecule has 0 amide bonds. The van der Waals surface area contributed by atoms with Crippen LogP contribution in [0, 0.1) is 11.3 Å². The summed E-state index contributed by atoms with van der Waals surface area (Å²) in [6.07, 6.45) is 3.76. The zero-order valence-electron chi connectivity index (χ0n) is 28.6. The molecule has 6 nitrogen and oxygen atoms in total. The average molecular weight is 691 g/mol. The summed E-state index contributed by atoms with van der Waals surface area (Å²) in [6.45, 7) is 0. The maximum atomic E-state index is 10.3. The third-order valence-corrected chi connectivity index (χ3v) is 11.1. The van der Waals surface area contributed by atoms with E-state index in [4.69, 9.17) is 13.8 Å². The number of fused-ring (bicyclic) bond motifs is 14. The number of furan rings is 2. The quantitative estimate of drug-likeness (QED) is 0.185. The Kier molecular flexibility index (Phi) is 5.75. The number of rotatable bonds is 3. The molecule has 0 fully saturated rings. The lowest BCUT2D eigenvalue weighted by Crippen LogP contribution is -2.02. The number of pyridine rings is 1. The minimum Gasteiger partial charge on any atom is -0.455 e. The molecule has 0 spiro atoms. The summed E-state index contributed by atoms with van der Waals surface area (Å²) in [7, 11) is 0. The first kappa shape index (κ1) is 29.0. The maximum Gasteiger partial charge on any atom is 0.145 e. The fourth-order valence-corrected chi connectivity index (χ4v) is 8.79. The van der Waals surface area contributed by atoms with E-state index in [9.17, 15) is 5.26 Å². The minimum absolute atomic E-state index is 0.565. The van der Waals surface area contributed by atoms with Gasteiger partial charge in [-0.15, -0.1) is 0 Å². The summed E-state index contributed by atoms with van der Waals surface area (Å²) in [5, 5.41) is 18.9. The van der Waals surface area contributed by atoms with Crippen LogP contribution in [-0.4, -0.2) is 14.1 Å². The topological polar surface area (TPSA) is 72.8 Å². The van der Waals surface area contributed by atoms with E-state index in [-0.39, 0.29) is 0 Å². The van der Waals surface area contributed by atoms with Crippen LogP contribution in [-0.2, 0) is 0 Å². The predicted octanol–water partition coefficient (Wildman–Crippen LogP) is 12.6. The highest BCUT2D eigenvalue weighted by Gasteiger charge is 2.24. The van der Waals surface area contributed by atoms with Gasteiger partial charge in [0.2, 0.25) is 0 Å². The van der Waals surface area contributed by atoms with Gasteiger partial charge in [0.05, 0.1) is 55.8 Å². The second-order valence-electron chi connectivity index (χ2n) is 13.8. The van der Waals surface area contributed by atoms with Crippen molar-refractivity contribution < 1.29 is 8.83 Å². The molecule has 54 heavy (non-hydrogen) atoms. The van der Waals surface area contributed by atoms with Crippen LogP contribution >= 0.6 is 0 Å². The lowest BCUT2D eigenvalue weighted by atomic mass is 10.00. The SMILES string of the molecule is N#Cc1ccc(-n2c3ccccc3c3c4oc5ccccc5c4ccc32)c(-c2cnccc2-n2c3ccccc3c3c4oc5ccccc5c4ccc32)c1. The molecule has 12 rings (SSSR count). The number of para-hydroxylation sites is 4. The Hall–Kier alpha value is -7.62. The van der Waals surface area contributed by atoms with Gasteiger partial charge in [0, 0.05) is 55.8 Å². The van der Waals surface area contributed by atoms with Crippen LogP contribution in [0.25, 0.3) is 110 Å². The maximum absolute atomic E-state index is 10.3. The number of nitrogens with zero attached hydrogens (tertiary/aromatic N) is 4. The summed E-state index contributed by atoms with van der Waals surface area (Å²) in [4.78, 5) is 4.70. The van der Waals surface area contributed by atoms with Crippen molar-refractivity contribution >= 4 is 87.5 Å². The molecule has 5 heterocycles. The Morgan fingerprint density at radius 1 is 0.463 bits per heavy atom. The number of hydrogen-bond acceptors (Lipinski definition) is 4. The Labute approximate surface area is 306 Å². The largest absolute Gasteiger partial charge is 0.455 e. The lowest BCUT2D eigenvalue weighted by molar-refractivity contribution is 0.672. The van der Waals surface area contributed by atoms with Gasteiger partial charge in [0.25, 0.3) is 0 Å². The van der Waals surface area contributed by atoms with E-state index in [1.165, 1.54) is 0 Å². The van der Waals surface area contributed by atoms with Gasteiger partial charge >= 0.3 is 0 Å². The van der Waals surface area contributed by atoms with E-state index >= 15 is 0 Å². The van der Waals surface area contributed by atoms with Crippen molar-refractivity contribution in [1.29, 1.82) is 5.26 Å². The van der Waals surface area contributed by atoms with Gasteiger partial charge in [0.15, 0.2) is 0 Å². The first-order valence-electron chi connectivity index (χ1n) is 17.9. The summed E-state index contributed by atoms with van der Waals surface area (Å²) in [5.74, 6) is 0. The molecule has 0 aliphatic carbocycles. The van der Waals surface area contributed by atoms with Crippen LogP contribution < -0.4 is 0 Å². The summed E-state index contributed by atoms with van der Waals surface area (Å²) in [6, 6.07) is 52.5. The number of benzene rings is 7. The highest BCUT2D eigenvalue weighted by Crippen LogP contribution is 2.45. The van der Waals surface area contributed by atoms with E-state index in [0.717, 1.165) is 110 Å². The smallest absolute Gasteiger partial charge is 0.145 e. The van der Waals surface area contributed by atoms with Crippen LogP contribution in [0.5, 0.6) is 0 Å².